The Hall–Kier alpha value is -0.570. The highest BCUT2D eigenvalue weighted by molar-refractivity contribution is 5.76. The second-order valence-corrected chi connectivity index (χ2v) is 5.29. The number of nitrogens with one attached hydrogen (secondary N) is 2. The number of rotatable bonds is 7. The van der Waals surface area contributed by atoms with Gasteiger partial charge in [-0.3, -0.25) is 4.79 Å². The number of hydrogen-bond acceptors (Lipinski definition) is 2. The van der Waals surface area contributed by atoms with Gasteiger partial charge < -0.3 is 10.6 Å². The monoisotopic (exact) mass is 240 g/mol. The molecule has 2 N–H and O–H groups in total. The van der Waals surface area contributed by atoms with Crippen LogP contribution in [0.5, 0.6) is 0 Å². The van der Waals surface area contributed by atoms with E-state index in [1.54, 1.807) is 0 Å². The third kappa shape index (κ3) is 4.30. The van der Waals surface area contributed by atoms with Crippen LogP contribution >= 0.6 is 0 Å². The van der Waals surface area contributed by atoms with Crippen molar-refractivity contribution in [2.75, 3.05) is 13.1 Å². The van der Waals surface area contributed by atoms with Gasteiger partial charge in [0, 0.05) is 12.0 Å². The van der Waals surface area contributed by atoms with E-state index in [9.17, 15) is 4.79 Å². The van der Waals surface area contributed by atoms with Gasteiger partial charge in [0.25, 0.3) is 0 Å². The molecule has 17 heavy (non-hydrogen) atoms. The van der Waals surface area contributed by atoms with Crippen molar-refractivity contribution < 1.29 is 4.79 Å². The number of hydrogen-bond donors (Lipinski definition) is 2. The Bertz CT molecular complexity index is 222. The second kappa shape index (κ2) is 7.00. The van der Waals surface area contributed by atoms with Crippen LogP contribution in [0.4, 0.5) is 0 Å². The largest absolute Gasteiger partial charge is 0.351 e. The van der Waals surface area contributed by atoms with E-state index in [-0.39, 0.29) is 11.4 Å². The van der Waals surface area contributed by atoms with E-state index >= 15 is 0 Å². The fourth-order valence-electron chi connectivity index (χ4n) is 2.67. The van der Waals surface area contributed by atoms with E-state index in [1.165, 1.54) is 6.42 Å². The Balaban J connectivity index is 2.31. The summed E-state index contributed by atoms with van der Waals surface area (Å²) in [6.45, 7) is 8.69. The third-order valence-electron chi connectivity index (χ3n) is 4.38. The molecule has 0 aromatic heterocycles. The molecule has 0 aromatic carbocycles. The van der Waals surface area contributed by atoms with Crippen molar-refractivity contribution in [3.8, 4) is 0 Å². The van der Waals surface area contributed by atoms with E-state index in [2.05, 4.69) is 31.4 Å². The molecule has 1 unspecified atom stereocenters. The Labute approximate surface area is 106 Å². The second-order valence-electron chi connectivity index (χ2n) is 5.29. The molecule has 1 fully saturated rings. The van der Waals surface area contributed by atoms with Gasteiger partial charge in [-0.2, -0.15) is 0 Å². The van der Waals surface area contributed by atoms with Gasteiger partial charge in [0.05, 0.1) is 0 Å². The van der Waals surface area contributed by atoms with Gasteiger partial charge in [0.2, 0.25) is 5.91 Å². The highest BCUT2D eigenvalue weighted by atomic mass is 16.1. The summed E-state index contributed by atoms with van der Waals surface area (Å²) < 4.78 is 0. The van der Waals surface area contributed by atoms with Gasteiger partial charge >= 0.3 is 0 Å². The number of carbonyl (C=O) groups is 1. The average molecular weight is 240 g/mol. The molecular weight excluding hydrogens is 212 g/mol. The summed E-state index contributed by atoms with van der Waals surface area (Å²) in [5, 5.41) is 6.59. The molecule has 0 aliphatic carbocycles. The summed E-state index contributed by atoms with van der Waals surface area (Å²) in [6.07, 6.45) is 6.03. The first-order valence-corrected chi connectivity index (χ1v) is 7.17. The predicted molar refractivity (Wildman–Crippen MR) is 72.0 cm³/mol. The minimum absolute atomic E-state index is 0.0327. The van der Waals surface area contributed by atoms with Gasteiger partial charge in [-0.1, -0.05) is 20.8 Å². The van der Waals surface area contributed by atoms with E-state index in [4.69, 9.17) is 0 Å². The van der Waals surface area contributed by atoms with Gasteiger partial charge in [-0.15, -0.1) is 0 Å². The maximum atomic E-state index is 12.0. The van der Waals surface area contributed by atoms with E-state index in [0.717, 1.165) is 38.8 Å². The van der Waals surface area contributed by atoms with Crippen LogP contribution in [0, 0.1) is 5.92 Å². The molecule has 1 heterocycles. The van der Waals surface area contributed by atoms with Crippen molar-refractivity contribution >= 4 is 5.91 Å². The van der Waals surface area contributed by atoms with Crippen molar-refractivity contribution in [1.29, 1.82) is 0 Å². The quantitative estimate of drug-likeness (QED) is 0.718. The molecule has 0 spiro atoms. The molecule has 1 amide bonds. The lowest BCUT2D eigenvalue weighted by molar-refractivity contribution is -0.123. The van der Waals surface area contributed by atoms with Crippen molar-refractivity contribution in [3.63, 3.8) is 0 Å². The molecule has 1 aliphatic rings. The SMILES string of the molecule is CCC(CC)(CC)NC(=O)CCC1CCNC1. The molecule has 0 aromatic rings. The summed E-state index contributed by atoms with van der Waals surface area (Å²) >= 11 is 0. The lowest BCUT2D eigenvalue weighted by Crippen LogP contribution is -2.47. The maximum absolute atomic E-state index is 12.0. The third-order valence-corrected chi connectivity index (χ3v) is 4.38. The lowest BCUT2D eigenvalue weighted by atomic mass is 9.89. The van der Waals surface area contributed by atoms with Crippen LogP contribution < -0.4 is 10.6 Å². The molecule has 1 saturated heterocycles. The van der Waals surface area contributed by atoms with Gasteiger partial charge in [0.1, 0.15) is 0 Å². The number of amides is 1. The predicted octanol–water partition coefficient (Wildman–Crippen LogP) is 2.46. The first-order valence-electron chi connectivity index (χ1n) is 7.17. The fraction of sp³-hybridized carbons (Fsp3) is 0.929. The standard InChI is InChI=1S/C14H28N2O/c1-4-14(5-2,6-3)16-13(17)8-7-12-9-10-15-11-12/h12,15H,4-11H2,1-3H3,(H,16,17). The van der Waals surface area contributed by atoms with Crippen LogP contribution in [0.15, 0.2) is 0 Å². The lowest BCUT2D eigenvalue weighted by Gasteiger charge is -2.32. The van der Waals surface area contributed by atoms with Crippen LogP contribution in [-0.4, -0.2) is 24.5 Å². The fourth-order valence-corrected chi connectivity index (χ4v) is 2.67. The van der Waals surface area contributed by atoms with E-state index in [1.807, 2.05) is 0 Å². The zero-order chi connectivity index (χ0) is 12.7. The molecule has 0 saturated carbocycles. The van der Waals surface area contributed by atoms with Gasteiger partial charge in [-0.05, 0) is 51.1 Å². The molecule has 3 heteroatoms. The van der Waals surface area contributed by atoms with Crippen LogP contribution in [0.2, 0.25) is 0 Å². The Morgan fingerprint density at radius 3 is 2.41 bits per heavy atom. The van der Waals surface area contributed by atoms with Crippen molar-refractivity contribution in [2.24, 2.45) is 5.92 Å². The molecule has 1 rings (SSSR count). The Morgan fingerprint density at radius 2 is 1.94 bits per heavy atom. The van der Waals surface area contributed by atoms with E-state index < -0.39 is 0 Å². The van der Waals surface area contributed by atoms with Crippen LogP contribution in [-0.2, 0) is 4.79 Å². The summed E-state index contributed by atoms with van der Waals surface area (Å²) in [5.74, 6) is 0.947. The summed E-state index contributed by atoms with van der Waals surface area (Å²) in [6, 6.07) is 0. The first kappa shape index (κ1) is 14.5. The van der Waals surface area contributed by atoms with Crippen molar-refractivity contribution in [3.05, 3.63) is 0 Å². The van der Waals surface area contributed by atoms with Crippen molar-refractivity contribution in [1.82, 2.24) is 10.6 Å². The van der Waals surface area contributed by atoms with Gasteiger partial charge in [-0.25, -0.2) is 0 Å². The average Bonchev–Trinajstić information content (AvgIpc) is 2.87. The maximum Gasteiger partial charge on any atom is 0.220 e. The summed E-state index contributed by atoms with van der Waals surface area (Å²) in [5.41, 5.74) is 0.0327. The number of carbonyl (C=O) groups excluding carboxylic acids is 1. The topological polar surface area (TPSA) is 41.1 Å². The van der Waals surface area contributed by atoms with Crippen LogP contribution in [0.3, 0.4) is 0 Å². The Kier molecular flexibility index (Phi) is 5.96. The minimum Gasteiger partial charge on any atom is -0.351 e. The normalized spacial score (nSPS) is 20.5. The molecule has 3 nitrogen and oxygen atoms in total. The molecule has 1 atom stereocenters. The highest BCUT2D eigenvalue weighted by Crippen LogP contribution is 2.20. The zero-order valence-electron chi connectivity index (χ0n) is 11.6. The van der Waals surface area contributed by atoms with Crippen LogP contribution in [0.1, 0.15) is 59.3 Å². The smallest absolute Gasteiger partial charge is 0.220 e. The van der Waals surface area contributed by atoms with Crippen LogP contribution in [0.25, 0.3) is 0 Å². The van der Waals surface area contributed by atoms with E-state index in [0.29, 0.717) is 12.3 Å². The molecule has 100 valence electrons. The molecule has 1 aliphatic heterocycles. The highest BCUT2D eigenvalue weighted by Gasteiger charge is 2.26. The molecular formula is C14H28N2O. The Morgan fingerprint density at radius 1 is 1.29 bits per heavy atom. The molecule has 0 bridgehead atoms. The first-order chi connectivity index (χ1) is 8.15. The molecule has 0 radical (unpaired) electrons. The van der Waals surface area contributed by atoms with Gasteiger partial charge in [0.15, 0.2) is 0 Å². The summed E-state index contributed by atoms with van der Waals surface area (Å²) in [7, 11) is 0. The zero-order valence-corrected chi connectivity index (χ0v) is 11.6. The van der Waals surface area contributed by atoms with Crippen molar-refractivity contribution in [2.45, 2.75) is 64.8 Å². The minimum atomic E-state index is 0.0327. The summed E-state index contributed by atoms with van der Waals surface area (Å²) in [4.78, 5) is 12.0.